The fraction of sp³-hybridized carbons (Fsp3) is 0.200. The molecular weight excluding hydrogens is 355 g/mol. The number of carbonyl (C=O) groups excluding carboxylic acids is 1. The SMILES string of the molecule is Cc1nnsc1CNC(=O)c1cccc(-n2ccc(C(F)(F)F)n2)c1. The van der Waals surface area contributed by atoms with Crippen molar-refractivity contribution in [3.63, 3.8) is 0 Å². The molecule has 2 aromatic heterocycles. The molecule has 0 saturated heterocycles. The van der Waals surface area contributed by atoms with Gasteiger partial charge in [-0.1, -0.05) is 10.6 Å². The summed E-state index contributed by atoms with van der Waals surface area (Å²) >= 11 is 1.20. The molecule has 0 radical (unpaired) electrons. The number of rotatable bonds is 4. The molecule has 0 aliphatic carbocycles. The molecule has 0 spiro atoms. The summed E-state index contributed by atoms with van der Waals surface area (Å²) in [6, 6.07) is 7.08. The minimum atomic E-state index is -4.51. The lowest BCUT2D eigenvalue weighted by atomic mass is 10.2. The van der Waals surface area contributed by atoms with Gasteiger partial charge in [-0.25, -0.2) is 4.68 Å². The van der Waals surface area contributed by atoms with Crippen LogP contribution in [0.4, 0.5) is 13.2 Å². The van der Waals surface area contributed by atoms with Crippen molar-refractivity contribution in [2.24, 2.45) is 0 Å². The van der Waals surface area contributed by atoms with E-state index in [1.807, 2.05) is 0 Å². The molecule has 1 N–H and O–H groups in total. The van der Waals surface area contributed by atoms with Crippen LogP contribution in [0, 0.1) is 6.92 Å². The Kier molecular flexibility index (Phi) is 4.53. The first-order valence-electron chi connectivity index (χ1n) is 7.14. The van der Waals surface area contributed by atoms with Crippen LogP contribution in [0.2, 0.25) is 0 Å². The zero-order chi connectivity index (χ0) is 18.0. The standard InChI is InChI=1S/C15H12F3N5OS/c1-9-12(25-22-20-9)8-19-14(24)10-3-2-4-11(7-10)23-6-5-13(21-23)15(16,17)18/h2-7H,8H2,1H3,(H,19,24). The molecule has 1 amide bonds. The number of nitrogens with zero attached hydrogens (tertiary/aromatic N) is 4. The summed E-state index contributed by atoms with van der Waals surface area (Å²) in [4.78, 5) is 13.1. The fourth-order valence-electron chi connectivity index (χ4n) is 2.08. The van der Waals surface area contributed by atoms with Crippen molar-refractivity contribution in [1.82, 2.24) is 24.7 Å². The van der Waals surface area contributed by atoms with Gasteiger partial charge in [0.2, 0.25) is 0 Å². The highest BCUT2D eigenvalue weighted by molar-refractivity contribution is 7.05. The van der Waals surface area contributed by atoms with Gasteiger partial charge in [-0.05, 0) is 42.7 Å². The summed E-state index contributed by atoms with van der Waals surface area (Å²) in [5.74, 6) is -0.349. The van der Waals surface area contributed by atoms with E-state index in [-0.39, 0.29) is 12.5 Å². The van der Waals surface area contributed by atoms with Crippen LogP contribution in [-0.2, 0) is 12.7 Å². The average Bonchev–Trinajstić information content (AvgIpc) is 3.21. The number of alkyl halides is 3. The summed E-state index contributed by atoms with van der Waals surface area (Å²) in [5.41, 5.74) is 0.432. The molecule has 0 aliphatic rings. The van der Waals surface area contributed by atoms with Gasteiger partial charge in [0, 0.05) is 11.8 Å². The largest absolute Gasteiger partial charge is 0.435 e. The van der Waals surface area contributed by atoms with Crippen molar-refractivity contribution in [3.8, 4) is 5.69 Å². The van der Waals surface area contributed by atoms with E-state index in [0.29, 0.717) is 11.3 Å². The minimum absolute atomic E-state index is 0.284. The molecule has 3 rings (SSSR count). The Labute approximate surface area is 144 Å². The Bertz CT molecular complexity index is 902. The molecule has 6 nitrogen and oxygen atoms in total. The van der Waals surface area contributed by atoms with E-state index >= 15 is 0 Å². The molecule has 2 heterocycles. The maximum Gasteiger partial charge on any atom is 0.435 e. The molecular formula is C15H12F3N5OS. The maximum absolute atomic E-state index is 12.6. The Morgan fingerprint density at radius 3 is 2.76 bits per heavy atom. The molecule has 10 heteroatoms. The van der Waals surface area contributed by atoms with Crippen LogP contribution in [-0.4, -0.2) is 25.3 Å². The van der Waals surface area contributed by atoms with E-state index in [4.69, 9.17) is 0 Å². The highest BCUT2D eigenvalue weighted by atomic mass is 32.1. The highest BCUT2D eigenvalue weighted by Gasteiger charge is 2.33. The number of carbonyl (C=O) groups is 1. The van der Waals surface area contributed by atoms with Gasteiger partial charge in [0.15, 0.2) is 5.69 Å². The zero-order valence-corrected chi connectivity index (χ0v) is 13.7. The summed E-state index contributed by atoms with van der Waals surface area (Å²) in [7, 11) is 0. The molecule has 130 valence electrons. The normalized spacial score (nSPS) is 11.5. The van der Waals surface area contributed by atoms with Crippen LogP contribution < -0.4 is 5.32 Å². The lowest BCUT2D eigenvalue weighted by Gasteiger charge is -2.07. The molecule has 1 aromatic carbocycles. The van der Waals surface area contributed by atoms with Crippen molar-refractivity contribution in [3.05, 3.63) is 58.4 Å². The first kappa shape index (κ1) is 17.1. The summed E-state index contributed by atoms with van der Waals surface area (Å²) in [6.45, 7) is 2.08. The zero-order valence-electron chi connectivity index (χ0n) is 12.9. The Morgan fingerprint density at radius 1 is 1.32 bits per heavy atom. The van der Waals surface area contributed by atoms with Gasteiger partial charge in [-0.2, -0.15) is 18.3 Å². The number of hydrogen-bond acceptors (Lipinski definition) is 5. The molecule has 0 aliphatic heterocycles. The van der Waals surface area contributed by atoms with Crippen LogP contribution in [0.5, 0.6) is 0 Å². The molecule has 3 aromatic rings. The van der Waals surface area contributed by atoms with Gasteiger partial charge >= 0.3 is 6.18 Å². The summed E-state index contributed by atoms with van der Waals surface area (Å²) in [6.07, 6.45) is -3.31. The van der Waals surface area contributed by atoms with E-state index in [1.54, 1.807) is 25.1 Å². The first-order chi connectivity index (χ1) is 11.8. The lowest BCUT2D eigenvalue weighted by molar-refractivity contribution is -0.141. The van der Waals surface area contributed by atoms with Gasteiger partial charge < -0.3 is 5.32 Å². The number of hydrogen-bond donors (Lipinski definition) is 1. The molecule has 0 bridgehead atoms. The van der Waals surface area contributed by atoms with Gasteiger partial charge in [-0.15, -0.1) is 5.10 Å². The average molecular weight is 367 g/mol. The smallest absolute Gasteiger partial charge is 0.347 e. The fourth-order valence-corrected chi connectivity index (χ4v) is 2.66. The second-order valence-corrected chi connectivity index (χ2v) is 6.00. The Balaban J connectivity index is 1.76. The number of aromatic nitrogens is 4. The Morgan fingerprint density at radius 2 is 2.12 bits per heavy atom. The lowest BCUT2D eigenvalue weighted by Crippen LogP contribution is -2.22. The third-order valence-corrected chi connectivity index (χ3v) is 4.23. The Hall–Kier alpha value is -2.75. The number of nitrogens with one attached hydrogen (secondary N) is 1. The van der Waals surface area contributed by atoms with Gasteiger partial charge in [0.05, 0.1) is 22.8 Å². The maximum atomic E-state index is 12.6. The van der Waals surface area contributed by atoms with Gasteiger partial charge in [-0.3, -0.25) is 4.79 Å². The number of amides is 1. The van der Waals surface area contributed by atoms with Gasteiger partial charge in [0.1, 0.15) is 0 Å². The quantitative estimate of drug-likeness (QED) is 0.769. The number of halogens is 3. The second kappa shape index (κ2) is 6.63. The van der Waals surface area contributed by atoms with E-state index in [2.05, 4.69) is 20.0 Å². The molecule has 0 fully saturated rings. The molecule has 0 unspecified atom stereocenters. The van der Waals surface area contributed by atoms with E-state index in [1.165, 1.54) is 23.8 Å². The molecule has 0 saturated carbocycles. The van der Waals surface area contributed by atoms with Crippen molar-refractivity contribution in [2.45, 2.75) is 19.6 Å². The van der Waals surface area contributed by atoms with Crippen molar-refractivity contribution in [2.75, 3.05) is 0 Å². The van der Waals surface area contributed by atoms with Crippen LogP contribution in [0.25, 0.3) is 5.69 Å². The number of benzene rings is 1. The highest BCUT2D eigenvalue weighted by Crippen LogP contribution is 2.27. The van der Waals surface area contributed by atoms with E-state index in [9.17, 15) is 18.0 Å². The molecule has 25 heavy (non-hydrogen) atoms. The second-order valence-electron chi connectivity index (χ2n) is 5.16. The molecule has 0 atom stereocenters. The van der Waals surface area contributed by atoms with Crippen LogP contribution >= 0.6 is 11.5 Å². The first-order valence-corrected chi connectivity index (χ1v) is 7.91. The van der Waals surface area contributed by atoms with E-state index < -0.39 is 11.9 Å². The third kappa shape index (κ3) is 3.85. The third-order valence-electron chi connectivity index (χ3n) is 3.41. The van der Waals surface area contributed by atoms with Crippen molar-refractivity contribution >= 4 is 17.4 Å². The van der Waals surface area contributed by atoms with Crippen LogP contribution in [0.3, 0.4) is 0 Å². The van der Waals surface area contributed by atoms with Crippen LogP contribution in [0.15, 0.2) is 36.5 Å². The topological polar surface area (TPSA) is 72.7 Å². The van der Waals surface area contributed by atoms with E-state index in [0.717, 1.165) is 21.3 Å². The van der Waals surface area contributed by atoms with Crippen molar-refractivity contribution in [1.29, 1.82) is 0 Å². The monoisotopic (exact) mass is 367 g/mol. The summed E-state index contributed by atoms with van der Waals surface area (Å²) in [5, 5.41) is 10.1. The predicted octanol–water partition coefficient (Wildman–Crippen LogP) is 2.98. The van der Waals surface area contributed by atoms with Gasteiger partial charge in [0.25, 0.3) is 5.91 Å². The van der Waals surface area contributed by atoms with Crippen LogP contribution in [0.1, 0.15) is 26.6 Å². The predicted molar refractivity (Wildman–Crippen MR) is 84.4 cm³/mol. The minimum Gasteiger partial charge on any atom is -0.347 e. The summed E-state index contributed by atoms with van der Waals surface area (Å²) < 4.78 is 42.8. The number of aryl methyl sites for hydroxylation is 1. The van der Waals surface area contributed by atoms with Crippen molar-refractivity contribution < 1.29 is 18.0 Å².